The standard InChI is InChI=1S/C75H148N2O13P2.Na/c1-6-10-14-18-22-26-30-34-38-42-46-50-54-58-71(78)63-62-69(76-73(80)59-55-51-47-43-39-35-31-27-23-19-15-11-7-2)65-87-91(5,83)88-67-72(79)68-90-92(84,85)89-66-70(77-74(81)60-56-52-48-44-40-36-32-28-24-20-16-12-8-3)64-86-75(82)61-57-53-49-45-41-37-33-29-25-21-17-13-9-4;/h69-70,72,79,83H,5-68H2,1-4H3,(H,76,80)(H,77,81)(H,84,85);/q;+1/p-1. The number of esters is 1. The minimum absolute atomic E-state index is 0. The molecule has 0 spiro atoms. The minimum Gasteiger partial charge on any atom is -0.756 e. The summed E-state index contributed by atoms with van der Waals surface area (Å²) in [5.41, 5.74) is 0. The number of ketones is 1. The minimum atomic E-state index is -5.08. The molecule has 546 valence electrons. The summed E-state index contributed by atoms with van der Waals surface area (Å²) in [5.74, 6) is -0.783. The maximum Gasteiger partial charge on any atom is 1.00 e. The van der Waals surface area contributed by atoms with Gasteiger partial charge in [-0.2, -0.15) is 0 Å². The quantitative estimate of drug-likeness (QED) is 0.0193. The zero-order chi connectivity index (χ0) is 67.5. The van der Waals surface area contributed by atoms with Crippen LogP contribution in [0.1, 0.15) is 400 Å². The van der Waals surface area contributed by atoms with Crippen molar-refractivity contribution in [2.24, 2.45) is 0 Å². The molecule has 15 nitrogen and oxygen atoms in total. The van der Waals surface area contributed by atoms with Crippen LogP contribution in [-0.2, 0) is 46.6 Å². The number of carbonyl (C=O) groups excluding carboxylic acids is 4. The fourth-order valence-corrected chi connectivity index (χ4v) is 13.5. The average molecular weight is 1370 g/mol. The van der Waals surface area contributed by atoms with Crippen LogP contribution in [0.3, 0.4) is 0 Å². The van der Waals surface area contributed by atoms with Crippen LogP contribution >= 0.6 is 15.4 Å². The number of aliphatic hydroxyl groups excluding tert-OH is 1. The third-order valence-corrected chi connectivity index (χ3v) is 19.8. The number of unbranched alkanes of at least 4 members (excludes halogenated alkanes) is 48. The van der Waals surface area contributed by atoms with Crippen LogP contribution in [0.25, 0.3) is 0 Å². The molecule has 0 aliphatic carbocycles. The molecule has 93 heavy (non-hydrogen) atoms. The molecular formula is C75H147N2NaO13P2. The Balaban J connectivity index is 0. The predicted molar refractivity (Wildman–Crippen MR) is 384 cm³/mol. The van der Waals surface area contributed by atoms with E-state index in [0.717, 1.165) is 83.5 Å². The molecule has 5 unspecified atom stereocenters. The third-order valence-electron chi connectivity index (χ3n) is 17.8. The van der Waals surface area contributed by atoms with E-state index in [1.807, 2.05) is 0 Å². The Morgan fingerprint density at radius 2 is 0.624 bits per heavy atom. The molecule has 0 fully saturated rings. The fraction of sp³-hybridized carbons (Fsp3) is 0.933. The monoisotopic (exact) mass is 1370 g/mol. The van der Waals surface area contributed by atoms with Gasteiger partial charge in [-0.15, -0.1) is 0 Å². The molecule has 2 amide bonds. The summed E-state index contributed by atoms with van der Waals surface area (Å²) >= 11 is 0. The van der Waals surface area contributed by atoms with Crippen molar-refractivity contribution in [1.82, 2.24) is 10.6 Å². The van der Waals surface area contributed by atoms with Gasteiger partial charge in [0.1, 0.15) is 18.5 Å². The molecule has 4 N–H and O–H groups in total. The number of phosphoric acid groups is 1. The predicted octanol–water partition coefficient (Wildman–Crippen LogP) is 17.9. The van der Waals surface area contributed by atoms with Crippen LogP contribution in [0.4, 0.5) is 0 Å². The molecule has 0 saturated heterocycles. The number of ether oxygens (including phenoxy) is 1. The molecule has 0 aliphatic heterocycles. The largest absolute Gasteiger partial charge is 1.00 e. The molecule has 0 heterocycles. The van der Waals surface area contributed by atoms with Gasteiger partial charge in [0, 0.05) is 32.1 Å². The molecule has 0 radical (unpaired) electrons. The number of phosphoric ester groups is 1. The third kappa shape index (κ3) is 71.0. The summed E-state index contributed by atoms with van der Waals surface area (Å²) in [6.07, 6.45) is 66.2. The second-order valence-corrected chi connectivity index (χ2v) is 30.4. The molecule has 0 saturated carbocycles. The Labute approximate surface area is 594 Å². The van der Waals surface area contributed by atoms with Gasteiger partial charge in [-0.3, -0.25) is 23.7 Å². The molecule has 0 bridgehead atoms. The number of nitrogens with one attached hydrogen (secondary N) is 2. The van der Waals surface area contributed by atoms with E-state index in [9.17, 15) is 38.6 Å². The van der Waals surface area contributed by atoms with Crippen LogP contribution in [0, 0.1) is 0 Å². The van der Waals surface area contributed by atoms with Gasteiger partial charge in [0.15, 0.2) is 0 Å². The molecule has 5 atom stereocenters. The Hall–Kier alpha value is -0.670. The van der Waals surface area contributed by atoms with Gasteiger partial charge >= 0.3 is 35.5 Å². The Morgan fingerprint density at radius 3 is 0.968 bits per heavy atom. The van der Waals surface area contributed by atoms with Crippen molar-refractivity contribution in [2.75, 3.05) is 33.0 Å². The summed E-state index contributed by atoms with van der Waals surface area (Å²) in [4.78, 5) is 76.4. The fourth-order valence-electron chi connectivity index (χ4n) is 11.8. The van der Waals surface area contributed by atoms with Crippen molar-refractivity contribution >= 4 is 45.3 Å². The van der Waals surface area contributed by atoms with Crippen LogP contribution in [0.15, 0.2) is 0 Å². The maximum absolute atomic E-state index is 13.2. The molecule has 0 aromatic rings. The summed E-state index contributed by atoms with van der Waals surface area (Å²) in [6.45, 7) is 6.54. The van der Waals surface area contributed by atoms with E-state index in [4.69, 9.17) is 22.8 Å². The van der Waals surface area contributed by atoms with E-state index in [1.54, 1.807) is 0 Å². The Morgan fingerprint density at radius 1 is 0.366 bits per heavy atom. The number of amides is 2. The van der Waals surface area contributed by atoms with E-state index < -0.39 is 59.4 Å². The van der Waals surface area contributed by atoms with Crippen LogP contribution in [-0.4, -0.2) is 91.1 Å². The van der Waals surface area contributed by atoms with E-state index in [-0.39, 0.29) is 79.6 Å². The zero-order valence-electron chi connectivity index (χ0n) is 61.3. The van der Waals surface area contributed by atoms with Crippen molar-refractivity contribution in [2.45, 2.75) is 418 Å². The van der Waals surface area contributed by atoms with Gasteiger partial charge in [-0.05, 0) is 38.4 Å². The SMILES string of the molecule is C=P(O)(OCC(O)COP(=O)([O-])OCC(COC(=O)CCCCCCCCCCCCCCC)NC(=O)CCCCCCCCCCCCCCC)OCC(CCC(=O)CCCCCCCCCCCCCCC)NC(=O)CCCCCCCCCCCCCCC.[Na+]. The number of rotatable bonds is 75. The summed E-state index contributed by atoms with van der Waals surface area (Å²) in [6, 6.07) is -1.58. The number of Topliss-reactive ketones (excluding diaryl/α,β-unsaturated/α-hetero) is 1. The number of aliphatic hydroxyl groups is 1. The van der Waals surface area contributed by atoms with Crippen LogP contribution in [0.2, 0.25) is 0 Å². The molecule has 0 aliphatic rings. The van der Waals surface area contributed by atoms with Crippen molar-refractivity contribution in [1.29, 1.82) is 0 Å². The van der Waals surface area contributed by atoms with Gasteiger partial charge in [-0.1, -0.05) is 336 Å². The first kappa shape index (κ1) is 94.4. The maximum atomic E-state index is 13.2. The molecule has 0 aromatic heterocycles. The topological polar surface area (TPSA) is 219 Å². The normalized spacial score (nSPS) is 13.8. The average Bonchev–Trinajstić information content (AvgIpc) is 3.51. The zero-order valence-corrected chi connectivity index (χ0v) is 65.1. The van der Waals surface area contributed by atoms with Gasteiger partial charge in [-0.25, -0.2) is 0 Å². The first-order chi connectivity index (χ1) is 44.7. The van der Waals surface area contributed by atoms with E-state index in [2.05, 4.69) is 44.6 Å². The van der Waals surface area contributed by atoms with Crippen molar-refractivity contribution in [3.63, 3.8) is 0 Å². The van der Waals surface area contributed by atoms with Crippen molar-refractivity contribution in [3.05, 3.63) is 0 Å². The second kappa shape index (κ2) is 71.2. The molecule has 18 heteroatoms. The summed E-state index contributed by atoms with van der Waals surface area (Å²) < 4.78 is 40.0. The van der Waals surface area contributed by atoms with Crippen LogP contribution in [0.5, 0.6) is 0 Å². The Bertz CT molecular complexity index is 1650. The molecule has 0 rings (SSSR count). The summed E-state index contributed by atoms with van der Waals surface area (Å²) in [7, 11) is -8.94. The number of hydrogen-bond acceptors (Lipinski definition) is 13. The van der Waals surface area contributed by atoms with Crippen LogP contribution < -0.4 is 45.1 Å². The summed E-state index contributed by atoms with van der Waals surface area (Å²) in [5, 5.41) is 16.5. The second-order valence-electron chi connectivity index (χ2n) is 27.2. The van der Waals surface area contributed by atoms with E-state index in [0.29, 0.717) is 32.1 Å². The van der Waals surface area contributed by atoms with Crippen molar-refractivity contribution in [3.8, 4) is 0 Å². The first-order valence-corrected chi connectivity index (χ1v) is 42.2. The Kier molecular flexibility index (Phi) is 72.2. The van der Waals surface area contributed by atoms with E-state index >= 15 is 0 Å². The first-order valence-electron chi connectivity index (χ1n) is 39.0. The van der Waals surface area contributed by atoms with Crippen molar-refractivity contribution < 1.29 is 91.0 Å². The van der Waals surface area contributed by atoms with Gasteiger partial charge in [0.05, 0.1) is 38.5 Å². The van der Waals surface area contributed by atoms with Gasteiger partial charge < -0.3 is 48.4 Å². The van der Waals surface area contributed by atoms with Gasteiger partial charge in [0.25, 0.3) is 7.82 Å². The van der Waals surface area contributed by atoms with E-state index in [1.165, 1.54) is 238 Å². The number of carbonyl (C=O) groups is 4. The number of hydrogen-bond donors (Lipinski definition) is 4. The molecule has 0 aromatic carbocycles. The molecular weight excluding hydrogens is 1220 g/mol. The van der Waals surface area contributed by atoms with Gasteiger partial charge in [0.2, 0.25) is 19.4 Å². The smallest absolute Gasteiger partial charge is 0.756 e.